The van der Waals surface area contributed by atoms with E-state index in [1.165, 1.54) is 11.1 Å². The van der Waals surface area contributed by atoms with Gasteiger partial charge in [0.05, 0.1) is 38.8 Å². The van der Waals surface area contributed by atoms with Gasteiger partial charge in [0, 0.05) is 109 Å². The maximum absolute atomic E-state index is 13.4. The number of carbonyl (C=O) groups is 2. The fourth-order valence-corrected chi connectivity index (χ4v) is 12.7. The summed E-state index contributed by atoms with van der Waals surface area (Å²) in [6.45, 7) is 12.7. The SMILES string of the molecule is CNCCNC.COCCCn1c([C@@H]2CCCN(C(=O)C[C@H](C)Cc3ccc(-n4c(=O)oc5ccccc54)cc3)C2)nc2ccccc21.COCCCn1c([C@@H]2CCCN(C(=O)C[C@H](C)Cc3ccc(Br)cc3)C2)nc2ccccc21.O=c1[nH]c2ccccc2o1. The van der Waals surface area contributed by atoms with Gasteiger partial charge < -0.3 is 47.9 Å². The molecule has 0 spiro atoms. The van der Waals surface area contributed by atoms with Crippen LogP contribution in [0.25, 0.3) is 50.0 Å². The Morgan fingerprint density at radius 1 is 0.604 bits per heavy atom. The number of piperidine rings is 2. The van der Waals surface area contributed by atoms with E-state index in [4.69, 9.17) is 28.3 Å². The van der Waals surface area contributed by atoms with Crippen LogP contribution in [0, 0.1) is 11.8 Å². The largest absolute Gasteiger partial charge is 0.424 e. The molecule has 2 amide bonds. The Hall–Kier alpha value is -7.94. The lowest BCUT2D eigenvalue weighted by atomic mass is 9.94. The smallest absolute Gasteiger partial charge is 0.408 e. The highest BCUT2D eigenvalue weighted by molar-refractivity contribution is 9.10. The van der Waals surface area contributed by atoms with Gasteiger partial charge >= 0.3 is 11.5 Å². The number of hydrogen-bond acceptors (Lipinski definition) is 12. The number of hydrogen-bond donors (Lipinski definition) is 3. The summed E-state index contributed by atoms with van der Waals surface area (Å²) >= 11 is 3.49. The number of nitrogens with zero attached hydrogens (tertiary/aromatic N) is 7. The molecule has 0 radical (unpaired) electrons. The van der Waals surface area contributed by atoms with E-state index in [1.54, 1.807) is 37.0 Å². The molecule has 3 N–H and O–H groups in total. The molecule has 18 nitrogen and oxygen atoms in total. The van der Waals surface area contributed by atoms with Crippen LogP contribution in [0.5, 0.6) is 0 Å². The first-order valence-corrected chi connectivity index (χ1v) is 32.9. The first kappa shape index (κ1) is 67.5. The van der Waals surface area contributed by atoms with E-state index in [0.29, 0.717) is 43.1 Å². The number of rotatable bonds is 22. The average molecular weight is 1300 g/mol. The van der Waals surface area contributed by atoms with Crippen LogP contribution in [0.2, 0.25) is 0 Å². The number of imidazole rings is 2. The number of amides is 2. The summed E-state index contributed by atoms with van der Waals surface area (Å²) in [5.41, 5.74) is 10.2. The number of fused-ring (bicyclic) bond motifs is 4. The third-order valence-electron chi connectivity index (χ3n) is 16.9. The fraction of sp³-hybridized carbons (Fsp3) is 0.417. The highest BCUT2D eigenvalue weighted by Gasteiger charge is 2.31. The van der Waals surface area contributed by atoms with Crippen molar-refractivity contribution in [1.82, 2.24) is 49.1 Å². The second-order valence-electron chi connectivity index (χ2n) is 24.0. The van der Waals surface area contributed by atoms with Gasteiger partial charge in [0.1, 0.15) is 11.6 Å². The molecule has 91 heavy (non-hydrogen) atoms. The standard InChI is InChI=1S/C34H38N4O4.C27H34BrN3O2.C7H5NO2.C4H12N2/c1-24(21-25-14-16-27(17-15-25)38-30-12-5-6-13-31(30)42-34(38)40)22-32(39)36-18-7-9-26(23-36)33-35-28-10-3-4-11-29(28)37(33)19-8-20-41-2;1-20(17-21-10-12-23(28)13-11-21)18-26(32)30-14-5-7-22(19-30)27-29-24-8-3-4-9-25(24)31(27)15-6-16-33-2;9-7-8-5-3-1-2-4-6(5)10-7;1-5-3-4-6-2/h3-6,10-17,24,26H,7-9,18-23H2,1-2H3;3-4,8-13,20,22H,5-7,14-19H2,1-2H3;1-4H,(H,8,9);5-6H,3-4H2,1-2H3/t24-,26-;20-,22-;;/m11../s1. The molecule has 4 aromatic heterocycles. The number of likely N-dealkylation sites (tertiary alicyclic amines) is 2. The zero-order valence-corrected chi connectivity index (χ0v) is 55.2. The van der Waals surface area contributed by atoms with Crippen LogP contribution in [0.1, 0.15) is 99.8 Å². The highest BCUT2D eigenvalue weighted by atomic mass is 79.9. The monoisotopic (exact) mass is 1300 g/mol. The Balaban J connectivity index is 0.000000176. The topological polar surface area (TPSA) is 200 Å². The number of para-hydroxylation sites is 8. The van der Waals surface area contributed by atoms with Gasteiger partial charge in [-0.3, -0.25) is 14.6 Å². The summed E-state index contributed by atoms with van der Waals surface area (Å²) in [5.74, 6) is 2.90. The molecule has 10 aromatic rings. The van der Waals surface area contributed by atoms with Crippen molar-refractivity contribution < 1.29 is 27.9 Å². The molecule has 0 bridgehead atoms. The molecule has 0 aliphatic carbocycles. The first-order valence-electron chi connectivity index (χ1n) is 32.1. The molecule has 4 atom stereocenters. The molecule has 2 saturated heterocycles. The van der Waals surface area contributed by atoms with Crippen LogP contribution >= 0.6 is 15.9 Å². The molecule has 19 heteroatoms. The van der Waals surface area contributed by atoms with Crippen LogP contribution < -0.4 is 22.1 Å². The fourth-order valence-electron chi connectivity index (χ4n) is 12.4. The minimum absolute atomic E-state index is 0.194. The molecule has 2 aliphatic rings. The normalized spacial score (nSPS) is 15.6. The number of aryl methyl sites for hydroxylation is 2. The van der Waals surface area contributed by atoms with Crippen molar-refractivity contribution in [2.75, 3.05) is 80.8 Å². The van der Waals surface area contributed by atoms with Gasteiger partial charge in [-0.2, -0.15) is 0 Å². The summed E-state index contributed by atoms with van der Waals surface area (Å²) in [6.07, 6.45) is 8.80. The van der Waals surface area contributed by atoms with E-state index in [1.807, 2.05) is 85.7 Å². The Bertz CT molecular complexity index is 3980. The number of oxazole rings is 2. The third-order valence-corrected chi connectivity index (χ3v) is 17.4. The number of H-pyrrole nitrogens is 1. The van der Waals surface area contributed by atoms with Crippen molar-refractivity contribution in [3.8, 4) is 5.69 Å². The number of ether oxygens (including phenoxy) is 2. The summed E-state index contributed by atoms with van der Waals surface area (Å²) in [5, 5.41) is 6.01. The zero-order valence-electron chi connectivity index (χ0n) is 53.6. The number of carbonyl (C=O) groups excluding carboxylic acids is 2. The number of likely N-dealkylation sites (N-methyl/N-ethyl adjacent to an activating group) is 2. The predicted molar refractivity (Wildman–Crippen MR) is 365 cm³/mol. The summed E-state index contributed by atoms with van der Waals surface area (Å²) < 4.78 is 28.1. The number of methoxy groups -OCH3 is 2. The highest BCUT2D eigenvalue weighted by Crippen LogP contribution is 2.33. The molecule has 2 fully saturated rings. The number of nitrogens with one attached hydrogen (secondary N) is 3. The van der Waals surface area contributed by atoms with Gasteiger partial charge in [-0.15, -0.1) is 0 Å². The van der Waals surface area contributed by atoms with Crippen molar-refractivity contribution in [1.29, 1.82) is 0 Å². The first-order chi connectivity index (χ1) is 44.3. The number of benzene rings is 6. The van der Waals surface area contributed by atoms with Gasteiger partial charge in [0.15, 0.2) is 11.2 Å². The van der Waals surface area contributed by atoms with Crippen LogP contribution in [0.3, 0.4) is 0 Å². The maximum Gasteiger partial charge on any atom is 0.424 e. The van der Waals surface area contributed by atoms with E-state index in [9.17, 15) is 19.2 Å². The molecule has 482 valence electrons. The molecule has 2 aliphatic heterocycles. The summed E-state index contributed by atoms with van der Waals surface area (Å²) in [7, 11) is 7.36. The minimum Gasteiger partial charge on any atom is -0.408 e. The minimum atomic E-state index is -0.402. The van der Waals surface area contributed by atoms with Crippen molar-refractivity contribution in [3.05, 3.63) is 194 Å². The van der Waals surface area contributed by atoms with Crippen LogP contribution in [-0.2, 0) is 45.0 Å². The second kappa shape index (κ2) is 33.9. The second-order valence-corrected chi connectivity index (χ2v) is 24.9. The zero-order chi connectivity index (χ0) is 64.1. The van der Waals surface area contributed by atoms with E-state index in [-0.39, 0.29) is 29.6 Å². The van der Waals surface area contributed by atoms with Crippen LogP contribution in [0.4, 0.5) is 0 Å². The molecule has 12 rings (SSSR count). The Kier molecular flexibility index (Phi) is 25.2. The molecular formula is C72H89BrN10O8. The molecular weight excluding hydrogens is 1210 g/mol. The average Bonchev–Trinajstić information content (AvgIpc) is 1.75. The Morgan fingerprint density at radius 3 is 1.56 bits per heavy atom. The lowest BCUT2D eigenvalue weighted by Crippen LogP contribution is -2.40. The Labute approximate surface area is 541 Å². The predicted octanol–water partition coefficient (Wildman–Crippen LogP) is 12.3. The van der Waals surface area contributed by atoms with Crippen LogP contribution in [0.15, 0.2) is 168 Å². The molecule has 0 saturated carbocycles. The lowest BCUT2D eigenvalue weighted by molar-refractivity contribution is -0.134. The molecule has 0 unspecified atom stereocenters. The van der Waals surface area contributed by atoms with Gasteiger partial charge in [0.2, 0.25) is 11.8 Å². The van der Waals surface area contributed by atoms with Crippen molar-refractivity contribution in [2.24, 2.45) is 11.8 Å². The number of aromatic amines is 1. The van der Waals surface area contributed by atoms with Gasteiger partial charge in [-0.1, -0.05) is 103 Å². The maximum atomic E-state index is 13.4. The van der Waals surface area contributed by atoms with E-state index in [2.05, 4.69) is 120 Å². The van der Waals surface area contributed by atoms with E-state index < -0.39 is 11.5 Å². The lowest BCUT2D eigenvalue weighted by Gasteiger charge is -2.33. The van der Waals surface area contributed by atoms with Crippen LogP contribution in [-0.4, -0.2) is 131 Å². The van der Waals surface area contributed by atoms with E-state index in [0.717, 1.165) is 159 Å². The van der Waals surface area contributed by atoms with Crippen molar-refractivity contribution in [2.45, 2.75) is 103 Å². The number of aromatic nitrogens is 6. The summed E-state index contributed by atoms with van der Waals surface area (Å²) in [6, 6.07) is 47.6. The molecule has 6 aromatic carbocycles. The van der Waals surface area contributed by atoms with Gasteiger partial charge in [-0.05, 0) is 161 Å². The quantitative estimate of drug-likeness (QED) is 0.0543. The Morgan fingerprint density at radius 2 is 1.07 bits per heavy atom. The van der Waals surface area contributed by atoms with Gasteiger partial charge in [0.25, 0.3) is 0 Å². The van der Waals surface area contributed by atoms with E-state index >= 15 is 0 Å². The van der Waals surface area contributed by atoms with Gasteiger partial charge in [-0.25, -0.2) is 24.1 Å². The van der Waals surface area contributed by atoms with Crippen molar-refractivity contribution >= 4 is 72.0 Å². The van der Waals surface area contributed by atoms with Crippen molar-refractivity contribution in [3.63, 3.8) is 0 Å². The summed E-state index contributed by atoms with van der Waals surface area (Å²) in [4.78, 5) is 66.3. The molecule has 6 heterocycles. The third kappa shape index (κ3) is 18.4. The number of halogens is 1.